The van der Waals surface area contributed by atoms with Crippen molar-refractivity contribution in [3.63, 3.8) is 0 Å². The molecule has 0 aliphatic rings. The molecular formula is C80H90O16. The Morgan fingerprint density at radius 1 is 0.271 bits per heavy atom. The van der Waals surface area contributed by atoms with Gasteiger partial charge in [-0.15, -0.1) is 0 Å². The second-order valence-corrected chi connectivity index (χ2v) is 26.6. The van der Waals surface area contributed by atoms with Gasteiger partial charge in [0.05, 0.1) is 27.1 Å². The summed E-state index contributed by atoms with van der Waals surface area (Å²) in [5.41, 5.74) is -2.57. The van der Waals surface area contributed by atoms with E-state index < -0.39 is 27.1 Å². The van der Waals surface area contributed by atoms with Gasteiger partial charge in [0.1, 0.15) is 63.2 Å². The van der Waals surface area contributed by atoms with Crippen LogP contribution in [0.1, 0.15) is 136 Å². The van der Waals surface area contributed by atoms with Crippen molar-refractivity contribution in [2.24, 2.45) is 27.1 Å². The molecule has 0 saturated carbocycles. The van der Waals surface area contributed by atoms with Crippen molar-refractivity contribution < 1.29 is 78.3 Å². The lowest BCUT2D eigenvalue weighted by molar-refractivity contribution is -0.144. The molecule has 0 unspecified atom stereocenters. The number of fused-ring (bicyclic) bond motifs is 5. The fourth-order valence-electron chi connectivity index (χ4n) is 8.59. The van der Waals surface area contributed by atoms with Gasteiger partial charge in [-0.05, 0) is 221 Å². The maximum atomic E-state index is 12.1. The molecule has 0 spiro atoms. The van der Waals surface area contributed by atoms with Crippen molar-refractivity contribution in [3.8, 4) is 63.2 Å². The molecule has 0 bridgehead atoms. The summed E-state index contributed by atoms with van der Waals surface area (Å²) in [4.78, 5) is 60.3. The van der Waals surface area contributed by atoms with Crippen LogP contribution in [0.3, 0.4) is 0 Å². The standard InChI is InChI=1S/C16H18O4.4C16H18O3/c1-4-16(2,3)15(19)20-14-8-7-13(18)12-9-10(17)5-6-11(12)14;1-4-16(2,3)15(18)19-14-10-6-7-11-12(14)8-5-9-13(11)17;1-4-16(2,3)15(18)19-14-8-6-11-9-13(17)7-5-12(11)10-14;1-4-16(2,3)15(18)19-12-8-9-13-11(10-12)6-5-7-14(13)17;1-4-16(2,3)15(18)19-14-10-9-13(17)11-7-5-6-8-12(11)14/h5-9,17-18H,4H2,1-3H3;4*5-10,17H,4H2,1-3H3. The van der Waals surface area contributed by atoms with E-state index in [4.69, 9.17) is 23.7 Å². The van der Waals surface area contributed by atoms with E-state index in [1.54, 1.807) is 121 Å². The molecule has 0 aliphatic carbocycles. The topological polar surface area (TPSA) is 253 Å². The van der Waals surface area contributed by atoms with E-state index in [-0.39, 0.29) is 64.3 Å². The molecule has 0 atom stereocenters. The Labute approximate surface area is 561 Å². The number of carbonyl (C=O) groups excluding carboxylic acids is 5. The molecule has 0 fully saturated rings. The summed E-state index contributed by atoms with van der Waals surface area (Å²) in [5.74, 6) is 1.98. The first-order valence-corrected chi connectivity index (χ1v) is 32.0. The fourth-order valence-corrected chi connectivity index (χ4v) is 8.59. The van der Waals surface area contributed by atoms with E-state index in [0.29, 0.717) is 69.6 Å². The Kier molecular flexibility index (Phi) is 24.7. The summed E-state index contributed by atoms with van der Waals surface area (Å²) >= 11 is 0. The fraction of sp³-hybridized carbons (Fsp3) is 0.312. The van der Waals surface area contributed by atoms with Gasteiger partial charge in [0.2, 0.25) is 0 Å². The maximum absolute atomic E-state index is 12.1. The highest BCUT2D eigenvalue weighted by atomic mass is 16.6. The zero-order chi connectivity index (χ0) is 71.1. The van der Waals surface area contributed by atoms with Crippen molar-refractivity contribution >= 4 is 83.7 Å². The molecule has 0 amide bonds. The third-order valence-electron chi connectivity index (χ3n) is 17.5. The highest BCUT2D eigenvalue weighted by Crippen LogP contribution is 2.39. The minimum absolute atomic E-state index is 0.0328. The highest BCUT2D eigenvalue weighted by molar-refractivity contribution is 5.98. The molecule has 0 aromatic heterocycles. The van der Waals surface area contributed by atoms with E-state index in [0.717, 1.165) is 45.2 Å². The van der Waals surface area contributed by atoms with Crippen LogP contribution in [0.4, 0.5) is 0 Å². The van der Waals surface area contributed by atoms with Crippen LogP contribution in [0.2, 0.25) is 0 Å². The number of aromatic hydroxyl groups is 6. The van der Waals surface area contributed by atoms with E-state index in [9.17, 15) is 54.6 Å². The average molecular weight is 1310 g/mol. The summed E-state index contributed by atoms with van der Waals surface area (Å²) in [7, 11) is 0. The molecule has 0 heterocycles. The third kappa shape index (κ3) is 18.9. The molecule has 0 saturated heterocycles. The number of esters is 5. The van der Waals surface area contributed by atoms with Gasteiger partial charge in [-0.25, -0.2) is 0 Å². The van der Waals surface area contributed by atoms with E-state index >= 15 is 0 Å². The molecule has 16 heteroatoms. The van der Waals surface area contributed by atoms with E-state index in [2.05, 4.69) is 0 Å². The van der Waals surface area contributed by atoms with Crippen LogP contribution in [-0.4, -0.2) is 60.5 Å². The Morgan fingerprint density at radius 2 is 0.583 bits per heavy atom. The number of ether oxygens (including phenoxy) is 5. The second-order valence-electron chi connectivity index (χ2n) is 26.6. The largest absolute Gasteiger partial charge is 0.508 e. The van der Waals surface area contributed by atoms with Gasteiger partial charge in [-0.1, -0.05) is 107 Å². The first-order valence-electron chi connectivity index (χ1n) is 32.0. The predicted molar refractivity (Wildman–Crippen MR) is 378 cm³/mol. The highest BCUT2D eigenvalue weighted by Gasteiger charge is 2.32. The third-order valence-corrected chi connectivity index (χ3v) is 17.5. The minimum Gasteiger partial charge on any atom is -0.508 e. The van der Waals surface area contributed by atoms with Crippen LogP contribution in [-0.2, 0) is 24.0 Å². The summed E-state index contributed by atoms with van der Waals surface area (Å²) in [5, 5.41) is 65.3. The zero-order valence-electron chi connectivity index (χ0n) is 57.5. The molecule has 506 valence electrons. The van der Waals surface area contributed by atoms with Gasteiger partial charge in [0, 0.05) is 37.7 Å². The van der Waals surface area contributed by atoms with Gasteiger partial charge in [-0.3, -0.25) is 24.0 Å². The van der Waals surface area contributed by atoms with Crippen LogP contribution in [0.5, 0.6) is 63.2 Å². The summed E-state index contributed by atoms with van der Waals surface area (Å²) < 4.78 is 27.2. The Bertz CT molecular complexity index is 4360. The monoisotopic (exact) mass is 1310 g/mol. The number of hydrogen-bond acceptors (Lipinski definition) is 16. The number of rotatable bonds is 15. The van der Waals surface area contributed by atoms with Crippen LogP contribution in [0, 0.1) is 27.1 Å². The smallest absolute Gasteiger partial charge is 0.316 e. The predicted octanol–water partition coefficient (Wildman–Crippen LogP) is 19.1. The van der Waals surface area contributed by atoms with Crippen molar-refractivity contribution in [2.75, 3.05) is 0 Å². The Morgan fingerprint density at radius 3 is 1.07 bits per heavy atom. The average Bonchev–Trinajstić information content (AvgIpc) is 0.893. The van der Waals surface area contributed by atoms with Crippen LogP contribution in [0.25, 0.3) is 53.9 Å². The summed E-state index contributed by atoms with van der Waals surface area (Å²) in [6.07, 6.45) is 3.54. The van der Waals surface area contributed by atoms with Crippen LogP contribution >= 0.6 is 0 Å². The zero-order valence-corrected chi connectivity index (χ0v) is 57.5. The molecule has 10 aromatic carbocycles. The van der Waals surface area contributed by atoms with Crippen molar-refractivity contribution in [1.29, 1.82) is 0 Å². The molecule has 10 rings (SSSR count). The van der Waals surface area contributed by atoms with E-state index in [1.807, 2.05) is 140 Å². The second kappa shape index (κ2) is 31.7. The van der Waals surface area contributed by atoms with E-state index in [1.165, 1.54) is 18.2 Å². The Balaban J connectivity index is 0.000000190. The minimum atomic E-state index is -0.568. The molecule has 16 nitrogen and oxygen atoms in total. The molecule has 6 N–H and O–H groups in total. The molecule has 0 aliphatic heterocycles. The number of carbonyl (C=O) groups is 5. The number of phenols is 6. The quantitative estimate of drug-likeness (QED) is 0.0412. The van der Waals surface area contributed by atoms with Crippen LogP contribution in [0.15, 0.2) is 176 Å². The van der Waals surface area contributed by atoms with Crippen LogP contribution < -0.4 is 23.7 Å². The lowest BCUT2D eigenvalue weighted by atomic mass is 9.90. The first-order chi connectivity index (χ1) is 45.1. The maximum Gasteiger partial charge on any atom is 0.316 e. The molecular weight excluding hydrogens is 1220 g/mol. The molecule has 10 aromatic rings. The van der Waals surface area contributed by atoms with Gasteiger partial charge in [0.25, 0.3) is 0 Å². The van der Waals surface area contributed by atoms with Crippen molar-refractivity contribution in [1.82, 2.24) is 0 Å². The van der Waals surface area contributed by atoms with Gasteiger partial charge >= 0.3 is 29.8 Å². The number of benzene rings is 10. The summed E-state index contributed by atoms with van der Waals surface area (Å²) in [6.45, 7) is 28.3. The van der Waals surface area contributed by atoms with Crippen molar-refractivity contribution in [2.45, 2.75) is 136 Å². The lowest BCUT2D eigenvalue weighted by Gasteiger charge is -2.20. The first kappa shape index (κ1) is 74.7. The molecule has 96 heavy (non-hydrogen) atoms. The van der Waals surface area contributed by atoms with Gasteiger partial charge in [-0.2, -0.15) is 0 Å². The summed E-state index contributed by atoms with van der Waals surface area (Å²) in [6, 6.07) is 49.5. The lowest BCUT2D eigenvalue weighted by Crippen LogP contribution is -2.28. The van der Waals surface area contributed by atoms with Gasteiger partial charge < -0.3 is 54.3 Å². The SMILES string of the molecule is CCC(C)(C)C(=O)Oc1ccc(O)c2cc(O)ccc12.CCC(C)(C)C(=O)Oc1ccc(O)c2ccccc12.CCC(C)(C)C(=O)Oc1ccc2c(O)cccc2c1.CCC(C)(C)C(=O)Oc1ccc2cc(O)ccc2c1.CCC(C)(C)C(=O)Oc1cccc2c(O)cccc12. The van der Waals surface area contributed by atoms with Crippen molar-refractivity contribution in [3.05, 3.63) is 176 Å². The Hall–Kier alpha value is -10.4. The normalized spacial score (nSPS) is 11.5. The molecule has 0 radical (unpaired) electrons. The number of hydrogen-bond donors (Lipinski definition) is 6. The number of phenolic OH excluding ortho intramolecular Hbond substituents is 6. The van der Waals surface area contributed by atoms with Gasteiger partial charge in [0.15, 0.2) is 0 Å².